The van der Waals surface area contributed by atoms with Crippen molar-refractivity contribution in [1.82, 2.24) is 4.72 Å². The van der Waals surface area contributed by atoms with Crippen LogP contribution in [0.1, 0.15) is 18.1 Å². The van der Waals surface area contributed by atoms with Gasteiger partial charge in [-0.05, 0) is 31.5 Å². The van der Waals surface area contributed by atoms with Gasteiger partial charge in [-0.25, -0.2) is 13.1 Å². The molecule has 1 unspecified atom stereocenters. The molecule has 0 aliphatic heterocycles. The van der Waals surface area contributed by atoms with Crippen LogP contribution in [0, 0.1) is 6.92 Å². The molecule has 0 radical (unpaired) electrons. The highest BCUT2D eigenvalue weighted by atomic mass is 35.5. The lowest BCUT2D eigenvalue weighted by atomic mass is 10.0. The molecule has 21 heavy (non-hydrogen) atoms. The van der Waals surface area contributed by atoms with Crippen LogP contribution >= 0.6 is 11.6 Å². The average molecular weight is 324 g/mol. The molecule has 2 rings (SSSR count). The predicted molar refractivity (Wildman–Crippen MR) is 86.0 cm³/mol. The number of hydrogen-bond donors (Lipinski definition) is 1. The number of rotatable bonds is 5. The van der Waals surface area contributed by atoms with Crippen LogP contribution in [-0.4, -0.2) is 15.0 Å². The van der Waals surface area contributed by atoms with E-state index in [1.54, 1.807) is 31.2 Å². The van der Waals surface area contributed by atoms with E-state index in [1.165, 1.54) is 0 Å². The van der Waals surface area contributed by atoms with Gasteiger partial charge < -0.3 is 0 Å². The van der Waals surface area contributed by atoms with Crippen molar-refractivity contribution in [2.24, 2.45) is 0 Å². The Morgan fingerprint density at radius 3 is 2.19 bits per heavy atom. The molecule has 2 aromatic rings. The lowest BCUT2D eigenvalue weighted by molar-refractivity contribution is 0.565. The highest BCUT2D eigenvalue weighted by molar-refractivity contribution is 7.89. The number of nitrogens with one attached hydrogen (secondary N) is 1. The molecule has 0 aliphatic rings. The third-order valence-corrected chi connectivity index (χ3v) is 5.07. The molecule has 1 N–H and O–H groups in total. The van der Waals surface area contributed by atoms with Crippen LogP contribution in [0.15, 0.2) is 59.5 Å². The standard InChI is InChI=1S/C16H18ClNO2S/c1-13-8-10-15(11-9-13)21(19,20)18-12-16(2,17)14-6-4-3-5-7-14/h3-11,18H,12H2,1-2H3. The quantitative estimate of drug-likeness (QED) is 0.857. The third kappa shape index (κ3) is 4.06. The zero-order valence-electron chi connectivity index (χ0n) is 12.0. The van der Waals surface area contributed by atoms with Crippen molar-refractivity contribution in [2.75, 3.05) is 6.54 Å². The van der Waals surface area contributed by atoms with Crippen molar-refractivity contribution < 1.29 is 8.42 Å². The van der Waals surface area contributed by atoms with E-state index in [1.807, 2.05) is 37.3 Å². The molecule has 0 saturated carbocycles. The van der Waals surface area contributed by atoms with Gasteiger partial charge in [-0.2, -0.15) is 0 Å². The van der Waals surface area contributed by atoms with E-state index in [-0.39, 0.29) is 11.4 Å². The summed E-state index contributed by atoms with van der Waals surface area (Å²) in [6, 6.07) is 16.1. The molecule has 1 atom stereocenters. The summed E-state index contributed by atoms with van der Waals surface area (Å²) in [5.74, 6) is 0. The fourth-order valence-electron chi connectivity index (χ4n) is 1.92. The van der Waals surface area contributed by atoms with Crippen LogP contribution in [0.4, 0.5) is 0 Å². The van der Waals surface area contributed by atoms with Crippen LogP contribution in [0.25, 0.3) is 0 Å². The van der Waals surface area contributed by atoms with Crippen molar-refractivity contribution in [2.45, 2.75) is 23.6 Å². The second-order valence-electron chi connectivity index (χ2n) is 5.20. The van der Waals surface area contributed by atoms with Gasteiger partial charge >= 0.3 is 0 Å². The minimum atomic E-state index is -3.55. The number of halogens is 1. The third-order valence-electron chi connectivity index (χ3n) is 3.30. The van der Waals surface area contributed by atoms with Crippen LogP contribution in [0.5, 0.6) is 0 Å². The fraction of sp³-hybridized carbons (Fsp3) is 0.250. The molecule has 0 fully saturated rings. The molecular weight excluding hydrogens is 306 g/mol. The summed E-state index contributed by atoms with van der Waals surface area (Å²) in [5, 5.41) is 0. The van der Waals surface area contributed by atoms with Crippen LogP contribution in [-0.2, 0) is 14.9 Å². The number of benzene rings is 2. The number of alkyl halides is 1. The Kier molecular flexibility index (Phi) is 4.71. The maximum atomic E-state index is 12.3. The van der Waals surface area contributed by atoms with E-state index < -0.39 is 14.9 Å². The molecule has 0 aliphatic carbocycles. The van der Waals surface area contributed by atoms with Crippen molar-refractivity contribution in [1.29, 1.82) is 0 Å². The maximum Gasteiger partial charge on any atom is 0.240 e. The van der Waals surface area contributed by atoms with E-state index in [9.17, 15) is 8.42 Å². The first-order valence-corrected chi connectivity index (χ1v) is 8.48. The van der Waals surface area contributed by atoms with Gasteiger partial charge in [-0.3, -0.25) is 0 Å². The molecule has 0 saturated heterocycles. The average Bonchev–Trinajstić information content (AvgIpc) is 2.47. The molecule has 0 amide bonds. The Balaban J connectivity index is 2.13. The first-order valence-electron chi connectivity index (χ1n) is 6.62. The van der Waals surface area contributed by atoms with Gasteiger partial charge in [0.15, 0.2) is 0 Å². The summed E-state index contributed by atoms with van der Waals surface area (Å²) >= 11 is 6.45. The normalized spacial score (nSPS) is 14.6. The smallest absolute Gasteiger partial charge is 0.209 e. The molecule has 112 valence electrons. The van der Waals surface area contributed by atoms with Gasteiger partial charge in [0.25, 0.3) is 0 Å². The van der Waals surface area contributed by atoms with E-state index in [2.05, 4.69) is 4.72 Å². The Morgan fingerprint density at radius 1 is 1.05 bits per heavy atom. The van der Waals surface area contributed by atoms with Crippen molar-refractivity contribution >= 4 is 21.6 Å². The molecule has 3 nitrogen and oxygen atoms in total. The van der Waals surface area contributed by atoms with Crippen LogP contribution in [0.2, 0.25) is 0 Å². The molecule has 0 heterocycles. The van der Waals surface area contributed by atoms with Crippen LogP contribution in [0.3, 0.4) is 0 Å². The minimum Gasteiger partial charge on any atom is -0.209 e. The van der Waals surface area contributed by atoms with E-state index >= 15 is 0 Å². The summed E-state index contributed by atoms with van der Waals surface area (Å²) in [5.41, 5.74) is 1.89. The van der Waals surface area contributed by atoms with Gasteiger partial charge in [-0.1, -0.05) is 48.0 Å². The Hall–Kier alpha value is -1.36. The lowest BCUT2D eigenvalue weighted by Gasteiger charge is -2.23. The van der Waals surface area contributed by atoms with Crippen LogP contribution < -0.4 is 4.72 Å². The second-order valence-corrected chi connectivity index (χ2v) is 7.80. The monoisotopic (exact) mass is 323 g/mol. The maximum absolute atomic E-state index is 12.3. The van der Waals surface area contributed by atoms with E-state index in [0.717, 1.165) is 11.1 Å². The Bertz CT molecular complexity index is 695. The van der Waals surface area contributed by atoms with E-state index in [4.69, 9.17) is 11.6 Å². The van der Waals surface area contributed by atoms with Crippen molar-refractivity contribution in [3.05, 3.63) is 65.7 Å². The summed E-state index contributed by atoms with van der Waals surface area (Å²) in [7, 11) is -3.55. The summed E-state index contributed by atoms with van der Waals surface area (Å²) < 4.78 is 27.1. The zero-order valence-corrected chi connectivity index (χ0v) is 13.6. The molecule has 0 aromatic heterocycles. The number of sulfonamides is 1. The first kappa shape index (κ1) is 16.0. The van der Waals surface area contributed by atoms with Crippen molar-refractivity contribution in [3.63, 3.8) is 0 Å². The second kappa shape index (κ2) is 6.18. The summed E-state index contributed by atoms with van der Waals surface area (Å²) in [6.45, 7) is 3.82. The largest absolute Gasteiger partial charge is 0.240 e. The van der Waals surface area contributed by atoms with Crippen molar-refractivity contribution in [3.8, 4) is 0 Å². The Morgan fingerprint density at radius 2 is 1.62 bits per heavy atom. The molecule has 0 spiro atoms. The summed E-state index contributed by atoms with van der Waals surface area (Å²) in [4.78, 5) is -0.549. The van der Waals surface area contributed by atoms with Gasteiger partial charge in [0.1, 0.15) is 0 Å². The summed E-state index contributed by atoms with van der Waals surface area (Å²) in [6.07, 6.45) is 0. The fourth-order valence-corrected chi connectivity index (χ4v) is 3.33. The molecule has 5 heteroatoms. The first-order chi connectivity index (χ1) is 9.81. The van der Waals surface area contributed by atoms with E-state index in [0.29, 0.717) is 0 Å². The van der Waals surface area contributed by atoms with Gasteiger partial charge in [0.05, 0.1) is 9.77 Å². The minimum absolute atomic E-state index is 0.120. The van der Waals surface area contributed by atoms with Gasteiger partial charge in [-0.15, -0.1) is 11.6 Å². The number of aryl methyl sites for hydroxylation is 1. The molecule has 2 aromatic carbocycles. The lowest BCUT2D eigenvalue weighted by Crippen LogP contribution is -2.35. The van der Waals surface area contributed by atoms with Gasteiger partial charge in [0, 0.05) is 6.54 Å². The SMILES string of the molecule is Cc1ccc(S(=O)(=O)NCC(C)(Cl)c2ccccc2)cc1. The molecular formula is C16H18ClNO2S. The van der Waals surface area contributed by atoms with Gasteiger partial charge in [0.2, 0.25) is 10.0 Å². The topological polar surface area (TPSA) is 46.2 Å². The Labute approximate surface area is 131 Å². The zero-order chi connectivity index (χ0) is 15.5. The highest BCUT2D eigenvalue weighted by Crippen LogP contribution is 2.28. The molecule has 0 bridgehead atoms. The number of hydrogen-bond acceptors (Lipinski definition) is 2. The highest BCUT2D eigenvalue weighted by Gasteiger charge is 2.26. The predicted octanol–water partition coefficient (Wildman–Crippen LogP) is 3.43.